The van der Waals surface area contributed by atoms with Crippen molar-refractivity contribution in [1.82, 2.24) is 0 Å². The summed E-state index contributed by atoms with van der Waals surface area (Å²) in [4.78, 5) is 22.1. The van der Waals surface area contributed by atoms with Gasteiger partial charge in [0.05, 0.1) is 0 Å². The minimum absolute atomic E-state index is 0.333. The highest BCUT2D eigenvalue weighted by atomic mass is 16.4. The third-order valence-corrected chi connectivity index (χ3v) is 10.3. The molecular weight excluding hydrogens is 384 g/mol. The minimum Gasteiger partial charge on any atom is -0.481 e. The summed E-state index contributed by atoms with van der Waals surface area (Å²) in [5.74, 6) is 3.93. The summed E-state index contributed by atoms with van der Waals surface area (Å²) in [5, 5.41) is 8.21. The summed E-state index contributed by atoms with van der Waals surface area (Å²) in [5.41, 5.74) is 0.974. The van der Waals surface area contributed by atoms with Gasteiger partial charge in [-0.15, -0.1) is 0 Å². The highest BCUT2D eigenvalue weighted by Crippen LogP contribution is 2.67. The van der Waals surface area contributed by atoms with E-state index in [9.17, 15) is 9.59 Å². The number of hydrogen-bond donors (Lipinski definition) is 1. The van der Waals surface area contributed by atoms with Gasteiger partial charge in [-0.3, -0.25) is 9.59 Å². The maximum Gasteiger partial charge on any atom is 0.303 e. The number of aliphatic carboxylic acids is 1. The first-order valence-electron chi connectivity index (χ1n) is 13.5. The number of Topliss-reactive ketones (excluding diaryl/α,β-unsaturated/α-hetero) is 1. The van der Waals surface area contributed by atoms with Crippen LogP contribution in [-0.2, 0) is 9.59 Å². The molecule has 3 nitrogen and oxygen atoms in total. The molecule has 4 aliphatic carbocycles. The van der Waals surface area contributed by atoms with Crippen molar-refractivity contribution in [2.75, 3.05) is 0 Å². The Balaban J connectivity index is 0.000000259. The molecule has 4 fully saturated rings. The van der Waals surface area contributed by atoms with Crippen LogP contribution < -0.4 is 0 Å². The van der Waals surface area contributed by atoms with Gasteiger partial charge in [0.2, 0.25) is 0 Å². The predicted molar refractivity (Wildman–Crippen MR) is 127 cm³/mol. The van der Waals surface area contributed by atoms with Crippen LogP contribution >= 0.6 is 0 Å². The van der Waals surface area contributed by atoms with Crippen molar-refractivity contribution in [3.63, 3.8) is 0 Å². The Morgan fingerprint density at radius 1 is 0.839 bits per heavy atom. The monoisotopic (exact) mass is 432 g/mol. The molecule has 0 saturated heterocycles. The molecule has 0 radical (unpaired) electrons. The van der Waals surface area contributed by atoms with Crippen molar-refractivity contribution in [3.05, 3.63) is 0 Å². The second kappa shape index (κ2) is 10.4. The molecule has 0 aromatic carbocycles. The Bertz CT molecular complexity index is 628. The van der Waals surface area contributed by atoms with E-state index >= 15 is 0 Å². The first kappa shape index (κ1) is 24.8. The average molecular weight is 433 g/mol. The number of carbonyl (C=O) groups excluding carboxylic acids is 1. The maximum absolute atomic E-state index is 12.2. The molecule has 4 rings (SSSR count). The first-order chi connectivity index (χ1) is 14.7. The van der Waals surface area contributed by atoms with Crippen molar-refractivity contribution in [3.8, 4) is 0 Å². The van der Waals surface area contributed by atoms with E-state index in [1.165, 1.54) is 70.6 Å². The molecule has 4 saturated carbocycles. The van der Waals surface area contributed by atoms with Crippen LogP contribution in [0.1, 0.15) is 124 Å². The molecule has 0 heterocycles. The summed E-state index contributed by atoms with van der Waals surface area (Å²) in [6, 6.07) is 0. The Kier molecular flexibility index (Phi) is 8.30. The topological polar surface area (TPSA) is 54.4 Å². The lowest BCUT2D eigenvalue weighted by Gasteiger charge is -2.60. The molecule has 7 atom stereocenters. The first-order valence-corrected chi connectivity index (χ1v) is 13.5. The number of carboxylic acids is 1. The third kappa shape index (κ3) is 5.06. The molecule has 0 aromatic heterocycles. The number of ketones is 1. The molecule has 3 heteroatoms. The minimum atomic E-state index is -0.675. The van der Waals surface area contributed by atoms with Gasteiger partial charge < -0.3 is 5.11 Å². The van der Waals surface area contributed by atoms with Crippen LogP contribution in [0, 0.1) is 40.4 Å². The van der Waals surface area contributed by atoms with E-state index in [2.05, 4.69) is 20.8 Å². The second-order valence-electron chi connectivity index (χ2n) is 11.9. The van der Waals surface area contributed by atoms with Crippen LogP contribution in [0.2, 0.25) is 0 Å². The van der Waals surface area contributed by atoms with E-state index in [-0.39, 0.29) is 0 Å². The molecule has 1 N–H and O–H groups in total. The van der Waals surface area contributed by atoms with E-state index in [0.29, 0.717) is 29.0 Å². The molecule has 31 heavy (non-hydrogen) atoms. The van der Waals surface area contributed by atoms with Gasteiger partial charge >= 0.3 is 5.97 Å². The van der Waals surface area contributed by atoms with Gasteiger partial charge in [0, 0.05) is 12.3 Å². The summed E-state index contributed by atoms with van der Waals surface area (Å²) in [7, 11) is 0. The standard InChI is InChI=1S/C21H34O.C7H14O2/c1-14(22)17-9-10-18-16-8-7-15-6-4-5-12-20(15,2)19(16)11-13-21(17,18)3;1-2-3-4-5-6-7(8)9/h15-19H,4-13H2,1-3H3;2-6H2,1H3,(H,8,9). The van der Waals surface area contributed by atoms with E-state index in [1.807, 2.05) is 6.92 Å². The molecule has 4 aliphatic rings. The van der Waals surface area contributed by atoms with Crippen LogP contribution in [0.25, 0.3) is 0 Å². The molecule has 178 valence electrons. The van der Waals surface area contributed by atoms with Gasteiger partial charge in [-0.25, -0.2) is 0 Å². The smallest absolute Gasteiger partial charge is 0.303 e. The van der Waals surface area contributed by atoms with Crippen molar-refractivity contribution in [2.24, 2.45) is 40.4 Å². The molecule has 7 unspecified atom stereocenters. The van der Waals surface area contributed by atoms with Gasteiger partial charge in [0.15, 0.2) is 0 Å². The van der Waals surface area contributed by atoms with Gasteiger partial charge in [-0.05, 0) is 99.2 Å². The molecule has 0 aromatic rings. The fourth-order valence-electron chi connectivity index (χ4n) is 8.67. The zero-order valence-electron chi connectivity index (χ0n) is 20.8. The van der Waals surface area contributed by atoms with Gasteiger partial charge in [0.1, 0.15) is 5.78 Å². The van der Waals surface area contributed by atoms with Crippen molar-refractivity contribution in [1.29, 1.82) is 0 Å². The number of fused-ring (bicyclic) bond motifs is 5. The summed E-state index contributed by atoms with van der Waals surface area (Å²) in [6.45, 7) is 9.08. The van der Waals surface area contributed by atoms with Crippen LogP contribution in [0.15, 0.2) is 0 Å². The zero-order chi connectivity index (χ0) is 22.6. The normalized spacial score (nSPS) is 41.2. The second-order valence-corrected chi connectivity index (χ2v) is 11.9. The molecule has 0 amide bonds. The number of unbranched alkanes of at least 4 members (excludes halogenated alkanes) is 3. The quantitative estimate of drug-likeness (QED) is 0.438. The lowest BCUT2D eigenvalue weighted by molar-refractivity contribution is -0.137. The predicted octanol–water partition coefficient (Wildman–Crippen LogP) is 7.67. The highest BCUT2D eigenvalue weighted by Gasteiger charge is 2.60. The van der Waals surface area contributed by atoms with Crippen LogP contribution in [-0.4, -0.2) is 16.9 Å². The van der Waals surface area contributed by atoms with Crippen LogP contribution in [0.4, 0.5) is 0 Å². The van der Waals surface area contributed by atoms with Gasteiger partial charge in [0.25, 0.3) is 0 Å². The molecule has 0 spiro atoms. The fraction of sp³-hybridized carbons (Fsp3) is 0.929. The van der Waals surface area contributed by atoms with Crippen LogP contribution in [0.5, 0.6) is 0 Å². The Hall–Kier alpha value is -0.860. The lowest BCUT2D eigenvalue weighted by atomic mass is 9.45. The van der Waals surface area contributed by atoms with E-state index in [4.69, 9.17) is 5.11 Å². The molecular formula is C28H48O3. The Morgan fingerprint density at radius 3 is 2.26 bits per heavy atom. The number of carbonyl (C=O) groups is 2. The molecule has 0 aliphatic heterocycles. The van der Waals surface area contributed by atoms with Crippen molar-refractivity contribution >= 4 is 11.8 Å². The average Bonchev–Trinajstić information content (AvgIpc) is 3.08. The SMILES string of the molecule is CC(=O)C1CCC2C3CCC4CCCCC4(C)C3CCC12C.CCCCCCC(=O)O. The highest BCUT2D eigenvalue weighted by molar-refractivity contribution is 5.79. The van der Waals surface area contributed by atoms with Crippen molar-refractivity contribution < 1.29 is 14.7 Å². The summed E-state index contributed by atoms with van der Waals surface area (Å²) in [6.07, 6.45) is 18.7. The van der Waals surface area contributed by atoms with E-state index < -0.39 is 5.97 Å². The lowest BCUT2D eigenvalue weighted by Crippen LogP contribution is -2.53. The molecule has 0 bridgehead atoms. The summed E-state index contributed by atoms with van der Waals surface area (Å²) < 4.78 is 0. The van der Waals surface area contributed by atoms with E-state index in [1.54, 1.807) is 0 Å². The largest absolute Gasteiger partial charge is 0.481 e. The number of rotatable bonds is 6. The Morgan fingerprint density at radius 2 is 1.58 bits per heavy atom. The summed E-state index contributed by atoms with van der Waals surface area (Å²) >= 11 is 0. The fourth-order valence-corrected chi connectivity index (χ4v) is 8.67. The zero-order valence-corrected chi connectivity index (χ0v) is 20.8. The third-order valence-electron chi connectivity index (χ3n) is 10.3. The van der Waals surface area contributed by atoms with Crippen molar-refractivity contribution in [2.45, 2.75) is 124 Å². The maximum atomic E-state index is 12.2. The Labute approximate surface area is 191 Å². The van der Waals surface area contributed by atoms with Gasteiger partial charge in [-0.1, -0.05) is 52.9 Å². The number of carboxylic acid groups (broad SMARTS) is 1. The van der Waals surface area contributed by atoms with Gasteiger partial charge in [-0.2, -0.15) is 0 Å². The van der Waals surface area contributed by atoms with E-state index in [0.717, 1.165) is 42.9 Å². The number of hydrogen-bond acceptors (Lipinski definition) is 2. The van der Waals surface area contributed by atoms with Crippen LogP contribution in [0.3, 0.4) is 0 Å².